The van der Waals surface area contributed by atoms with E-state index in [4.69, 9.17) is 4.98 Å². The molecule has 0 aliphatic carbocycles. The van der Waals surface area contributed by atoms with Crippen molar-refractivity contribution in [1.82, 2.24) is 29.9 Å². The molecule has 0 unspecified atom stereocenters. The summed E-state index contributed by atoms with van der Waals surface area (Å²) < 4.78 is 12.9. The van der Waals surface area contributed by atoms with Crippen molar-refractivity contribution in [2.75, 3.05) is 0 Å². The molecule has 28 heavy (non-hydrogen) atoms. The van der Waals surface area contributed by atoms with Crippen molar-refractivity contribution >= 4 is 36.0 Å². The number of hydrogen-bond donors (Lipinski definition) is 0. The van der Waals surface area contributed by atoms with Gasteiger partial charge in [-0.05, 0) is 35.9 Å². The standard InChI is InChI=1S/C20H13N6OP/c27-28-16-5-1-3-15(10-16)18-11-22-19-20(23-18)26(25-24-19)12-13-6-7-17-14(9-13)4-2-8-21-17/h1-11H,12H2. The van der Waals surface area contributed by atoms with E-state index in [2.05, 4.69) is 26.3 Å². The third kappa shape index (κ3) is 3.02. The van der Waals surface area contributed by atoms with Gasteiger partial charge < -0.3 is 0 Å². The molecule has 5 rings (SSSR count). The van der Waals surface area contributed by atoms with E-state index in [9.17, 15) is 4.57 Å². The first kappa shape index (κ1) is 16.6. The lowest BCUT2D eigenvalue weighted by Crippen LogP contribution is -2.04. The smallest absolute Gasteiger partial charge is 0.221 e. The molecule has 0 bridgehead atoms. The molecule has 0 amide bonds. The van der Waals surface area contributed by atoms with Crippen LogP contribution in [0, 0.1) is 0 Å². The van der Waals surface area contributed by atoms with Gasteiger partial charge in [-0.2, -0.15) is 0 Å². The number of pyridine rings is 1. The van der Waals surface area contributed by atoms with Crippen molar-refractivity contribution in [3.63, 3.8) is 0 Å². The molecule has 2 aromatic carbocycles. The fraction of sp³-hybridized carbons (Fsp3) is 0.0500. The van der Waals surface area contributed by atoms with Crippen LogP contribution in [0.25, 0.3) is 33.5 Å². The Morgan fingerprint density at radius 2 is 1.96 bits per heavy atom. The lowest BCUT2D eigenvalue weighted by Gasteiger charge is -2.05. The van der Waals surface area contributed by atoms with E-state index in [-0.39, 0.29) is 8.46 Å². The SMILES string of the molecule is O=Pc1cccc(-c2cnc3nnn(Cc4ccc5ncccc5c4)c3n2)c1. The second kappa shape index (κ2) is 6.87. The molecule has 0 fully saturated rings. The first-order valence-corrected chi connectivity index (χ1v) is 9.45. The fourth-order valence-electron chi connectivity index (χ4n) is 3.12. The zero-order chi connectivity index (χ0) is 18.9. The van der Waals surface area contributed by atoms with Gasteiger partial charge in [0.25, 0.3) is 0 Å². The van der Waals surface area contributed by atoms with E-state index >= 15 is 0 Å². The highest BCUT2D eigenvalue weighted by Gasteiger charge is 2.11. The second-order valence-electron chi connectivity index (χ2n) is 6.32. The van der Waals surface area contributed by atoms with Crippen molar-refractivity contribution in [3.05, 3.63) is 72.6 Å². The maximum absolute atomic E-state index is 11.1. The van der Waals surface area contributed by atoms with Crippen molar-refractivity contribution in [3.8, 4) is 11.3 Å². The molecule has 134 valence electrons. The second-order valence-corrected chi connectivity index (χ2v) is 7.02. The van der Waals surface area contributed by atoms with E-state index in [1.165, 1.54) is 0 Å². The van der Waals surface area contributed by atoms with Gasteiger partial charge >= 0.3 is 0 Å². The van der Waals surface area contributed by atoms with E-state index in [1.54, 1.807) is 23.1 Å². The highest BCUT2D eigenvalue weighted by atomic mass is 31.1. The lowest BCUT2D eigenvalue weighted by molar-refractivity contribution is 0.603. The zero-order valence-corrected chi connectivity index (χ0v) is 15.5. The molecule has 0 radical (unpaired) electrons. The van der Waals surface area contributed by atoms with Crippen LogP contribution in [0.2, 0.25) is 0 Å². The topological polar surface area (TPSA) is 86.5 Å². The summed E-state index contributed by atoms with van der Waals surface area (Å²) in [5.74, 6) is 0. The van der Waals surface area contributed by atoms with Gasteiger partial charge in [0.2, 0.25) is 5.65 Å². The van der Waals surface area contributed by atoms with E-state index in [0.29, 0.717) is 28.8 Å². The summed E-state index contributed by atoms with van der Waals surface area (Å²) in [6.45, 7) is 0.526. The summed E-state index contributed by atoms with van der Waals surface area (Å²) in [6, 6.07) is 17.4. The van der Waals surface area contributed by atoms with Crippen LogP contribution in [-0.4, -0.2) is 29.9 Å². The summed E-state index contributed by atoms with van der Waals surface area (Å²) >= 11 is 0. The molecule has 0 spiro atoms. The Labute approximate surface area is 161 Å². The molecule has 5 aromatic rings. The fourth-order valence-corrected chi connectivity index (χ4v) is 3.46. The van der Waals surface area contributed by atoms with E-state index < -0.39 is 0 Å². The Bertz CT molecular complexity index is 1330. The van der Waals surface area contributed by atoms with Gasteiger partial charge in [0.1, 0.15) is 0 Å². The number of rotatable bonds is 4. The van der Waals surface area contributed by atoms with Gasteiger partial charge in [-0.3, -0.25) is 9.55 Å². The molecular weight excluding hydrogens is 371 g/mol. The number of aromatic nitrogens is 6. The summed E-state index contributed by atoms with van der Waals surface area (Å²) in [5, 5.41) is 10.1. The minimum atomic E-state index is -0.0242. The van der Waals surface area contributed by atoms with Gasteiger partial charge in [0.15, 0.2) is 14.1 Å². The van der Waals surface area contributed by atoms with Gasteiger partial charge in [-0.25, -0.2) is 14.6 Å². The summed E-state index contributed by atoms with van der Waals surface area (Å²) in [4.78, 5) is 13.4. The van der Waals surface area contributed by atoms with Crippen LogP contribution in [0.5, 0.6) is 0 Å². The Balaban J connectivity index is 1.54. The Hall–Kier alpha value is -3.57. The Kier molecular flexibility index (Phi) is 4.07. The minimum absolute atomic E-state index is 0.0242. The van der Waals surface area contributed by atoms with E-state index in [0.717, 1.165) is 22.0 Å². The van der Waals surface area contributed by atoms with Gasteiger partial charge in [0.05, 0.1) is 24.0 Å². The monoisotopic (exact) mass is 384 g/mol. The van der Waals surface area contributed by atoms with Gasteiger partial charge in [0, 0.05) is 22.5 Å². The first-order valence-electron chi connectivity index (χ1n) is 8.64. The number of nitrogens with zero attached hydrogens (tertiary/aromatic N) is 6. The molecule has 0 atom stereocenters. The van der Waals surface area contributed by atoms with Crippen LogP contribution >= 0.6 is 8.46 Å². The Morgan fingerprint density at radius 1 is 1.00 bits per heavy atom. The van der Waals surface area contributed by atoms with Crippen LogP contribution in [0.3, 0.4) is 0 Å². The third-order valence-corrected chi connectivity index (χ3v) is 4.96. The average molecular weight is 384 g/mol. The molecule has 8 heteroatoms. The average Bonchev–Trinajstić information content (AvgIpc) is 3.15. The summed E-state index contributed by atoms with van der Waals surface area (Å²) in [6.07, 6.45) is 3.44. The van der Waals surface area contributed by atoms with Crippen molar-refractivity contribution in [2.45, 2.75) is 6.54 Å². The largest absolute Gasteiger partial charge is 0.269 e. The van der Waals surface area contributed by atoms with Crippen molar-refractivity contribution < 1.29 is 4.57 Å². The molecule has 0 N–H and O–H groups in total. The predicted molar refractivity (Wildman–Crippen MR) is 107 cm³/mol. The van der Waals surface area contributed by atoms with Crippen molar-refractivity contribution in [2.24, 2.45) is 0 Å². The highest BCUT2D eigenvalue weighted by Crippen LogP contribution is 2.19. The van der Waals surface area contributed by atoms with Crippen molar-refractivity contribution in [1.29, 1.82) is 0 Å². The molecule has 7 nitrogen and oxygen atoms in total. The van der Waals surface area contributed by atoms with Crippen LogP contribution in [0.4, 0.5) is 0 Å². The number of benzene rings is 2. The van der Waals surface area contributed by atoms with Gasteiger partial charge in [-0.15, -0.1) is 5.10 Å². The molecule has 0 aliphatic heterocycles. The first-order chi connectivity index (χ1) is 13.8. The molecule has 0 saturated carbocycles. The van der Waals surface area contributed by atoms with Crippen LogP contribution in [0.15, 0.2) is 67.0 Å². The van der Waals surface area contributed by atoms with Crippen LogP contribution < -0.4 is 5.30 Å². The minimum Gasteiger partial charge on any atom is -0.269 e. The molecule has 0 aliphatic rings. The lowest BCUT2D eigenvalue weighted by atomic mass is 10.1. The molecule has 3 heterocycles. The highest BCUT2D eigenvalue weighted by molar-refractivity contribution is 7.34. The maximum Gasteiger partial charge on any atom is 0.221 e. The Morgan fingerprint density at radius 3 is 2.89 bits per heavy atom. The van der Waals surface area contributed by atoms with Crippen LogP contribution in [0.1, 0.15) is 5.56 Å². The quantitative estimate of drug-likeness (QED) is 0.442. The summed E-state index contributed by atoms with van der Waals surface area (Å²) in [7, 11) is -0.0242. The van der Waals surface area contributed by atoms with E-state index in [1.807, 2.05) is 42.5 Å². The zero-order valence-electron chi connectivity index (χ0n) is 14.6. The predicted octanol–water partition coefficient (Wildman–Crippen LogP) is 3.40. The maximum atomic E-state index is 11.1. The number of hydrogen-bond acceptors (Lipinski definition) is 6. The molecule has 3 aromatic heterocycles. The molecule has 0 saturated heterocycles. The van der Waals surface area contributed by atoms with Gasteiger partial charge in [-0.1, -0.05) is 29.5 Å². The van der Waals surface area contributed by atoms with Crippen LogP contribution in [-0.2, 0) is 11.1 Å². The summed E-state index contributed by atoms with van der Waals surface area (Å²) in [5.41, 5.74) is 4.66. The molecular formula is C20H13N6OP. The number of fused-ring (bicyclic) bond motifs is 2. The third-order valence-electron chi connectivity index (χ3n) is 4.47. The normalized spacial score (nSPS) is 11.4.